The van der Waals surface area contributed by atoms with Crippen LogP contribution in [0.4, 0.5) is 4.39 Å². The van der Waals surface area contributed by atoms with E-state index in [9.17, 15) is 4.39 Å². The summed E-state index contributed by atoms with van der Waals surface area (Å²) in [4.78, 5) is 0. The quantitative estimate of drug-likeness (QED) is 0.681. The Morgan fingerprint density at radius 1 is 1.32 bits per heavy atom. The van der Waals surface area contributed by atoms with E-state index in [4.69, 9.17) is 4.74 Å². The summed E-state index contributed by atoms with van der Waals surface area (Å²) in [5.41, 5.74) is 0.633. The largest absolute Gasteiger partial charge is 0.491 e. The molecule has 0 radical (unpaired) electrons. The van der Waals surface area contributed by atoms with Gasteiger partial charge < -0.3 is 10.1 Å². The molecule has 0 aliphatic carbocycles. The molecule has 1 aromatic carbocycles. The second kappa shape index (κ2) is 8.92. The van der Waals surface area contributed by atoms with E-state index < -0.39 is 0 Å². The Balaban J connectivity index is 2.28. The molecule has 1 aromatic rings. The van der Waals surface area contributed by atoms with Crippen molar-refractivity contribution in [1.82, 2.24) is 5.32 Å². The molecule has 3 heteroatoms. The molecule has 1 atom stereocenters. The molecule has 1 unspecified atom stereocenters. The van der Waals surface area contributed by atoms with Gasteiger partial charge in [0.1, 0.15) is 0 Å². The standard InChI is InChI=1S/C16H26FNO/c1-4-11-18-14(5-2)9-7-12-19-15-10-6-8-13(3)16(15)17/h6,8,10,14,18H,4-5,7,9,11-12H2,1-3H3. The van der Waals surface area contributed by atoms with Crippen LogP contribution in [0.2, 0.25) is 0 Å². The maximum atomic E-state index is 13.7. The van der Waals surface area contributed by atoms with Crippen LogP contribution in [0, 0.1) is 12.7 Å². The van der Waals surface area contributed by atoms with E-state index in [1.54, 1.807) is 19.1 Å². The van der Waals surface area contributed by atoms with Crippen LogP contribution in [0.1, 0.15) is 45.1 Å². The van der Waals surface area contributed by atoms with Crippen molar-refractivity contribution < 1.29 is 9.13 Å². The van der Waals surface area contributed by atoms with Crippen molar-refractivity contribution in [2.45, 2.75) is 52.5 Å². The topological polar surface area (TPSA) is 21.3 Å². The molecule has 1 rings (SSSR count). The predicted molar refractivity (Wildman–Crippen MR) is 78.2 cm³/mol. The fourth-order valence-corrected chi connectivity index (χ4v) is 2.04. The summed E-state index contributed by atoms with van der Waals surface area (Å²) in [7, 11) is 0. The van der Waals surface area contributed by atoms with Crippen LogP contribution >= 0.6 is 0 Å². The molecule has 0 aliphatic rings. The van der Waals surface area contributed by atoms with Crippen LogP contribution in [0.5, 0.6) is 5.75 Å². The minimum Gasteiger partial charge on any atom is -0.491 e. The van der Waals surface area contributed by atoms with Crippen molar-refractivity contribution in [3.05, 3.63) is 29.6 Å². The second-order valence-electron chi connectivity index (χ2n) is 4.94. The van der Waals surface area contributed by atoms with Gasteiger partial charge in [0.15, 0.2) is 11.6 Å². The predicted octanol–water partition coefficient (Wildman–Crippen LogP) is 4.07. The molecule has 0 amide bonds. The molecular formula is C16H26FNO. The van der Waals surface area contributed by atoms with Crippen molar-refractivity contribution in [3.8, 4) is 5.75 Å². The van der Waals surface area contributed by atoms with E-state index >= 15 is 0 Å². The minimum atomic E-state index is -0.237. The Labute approximate surface area is 116 Å². The fourth-order valence-electron chi connectivity index (χ4n) is 2.04. The number of rotatable bonds is 9. The van der Waals surface area contributed by atoms with Gasteiger partial charge in [-0.25, -0.2) is 4.39 Å². The molecule has 0 heterocycles. The third kappa shape index (κ3) is 5.60. The second-order valence-corrected chi connectivity index (χ2v) is 4.94. The van der Waals surface area contributed by atoms with Gasteiger partial charge in [0.05, 0.1) is 6.61 Å². The van der Waals surface area contributed by atoms with Crippen LogP contribution in [-0.2, 0) is 0 Å². The van der Waals surface area contributed by atoms with Gasteiger partial charge in [-0.1, -0.05) is 26.0 Å². The Morgan fingerprint density at radius 3 is 2.79 bits per heavy atom. The SMILES string of the molecule is CCCNC(CC)CCCOc1cccc(C)c1F. The lowest BCUT2D eigenvalue weighted by molar-refractivity contribution is 0.281. The van der Waals surface area contributed by atoms with Crippen molar-refractivity contribution in [2.24, 2.45) is 0 Å². The maximum Gasteiger partial charge on any atom is 0.167 e. The van der Waals surface area contributed by atoms with Crippen LogP contribution in [-0.4, -0.2) is 19.2 Å². The monoisotopic (exact) mass is 267 g/mol. The van der Waals surface area contributed by atoms with Gasteiger partial charge >= 0.3 is 0 Å². The number of aryl methyl sites for hydroxylation is 1. The first kappa shape index (κ1) is 16.0. The van der Waals surface area contributed by atoms with Crippen LogP contribution in [0.25, 0.3) is 0 Å². The number of ether oxygens (including phenoxy) is 1. The van der Waals surface area contributed by atoms with Gasteiger partial charge in [0, 0.05) is 6.04 Å². The summed E-state index contributed by atoms with van der Waals surface area (Å²) in [5.74, 6) is 0.133. The summed E-state index contributed by atoms with van der Waals surface area (Å²) in [6, 6.07) is 5.82. The number of halogens is 1. The zero-order valence-corrected chi connectivity index (χ0v) is 12.3. The molecule has 0 aromatic heterocycles. The van der Waals surface area contributed by atoms with Crippen LogP contribution < -0.4 is 10.1 Å². The van der Waals surface area contributed by atoms with E-state index in [1.807, 2.05) is 6.07 Å². The molecule has 0 spiro atoms. The number of hydrogen-bond acceptors (Lipinski definition) is 2. The van der Waals surface area contributed by atoms with Gasteiger partial charge in [-0.05, 0) is 50.8 Å². The number of benzene rings is 1. The molecule has 0 bridgehead atoms. The Kier molecular flexibility index (Phi) is 7.49. The average Bonchev–Trinajstić information content (AvgIpc) is 2.42. The smallest absolute Gasteiger partial charge is 0.167 e. The fraction of sp³-hybridized carbons (Fsp3) is 0.625. The van der Waals surface area contributed by atoms with E-state index in [-0.39, 0.29) is 5.82 Å². The highest BCUT2D eigenvalue weighted by Gasteiger charge is 2.07. The zero-order chi connectivity index (χ0) is 14.1. The third-order valence-corrected chi connectivity index (χ3v) is 3.29. The first-order valence-electron chi connectivity index (χ1n) is 7.30. The summed E-state index contributed by atoms with van der Waals surface area (Å²) in [6.45, 7) is 7.75. The van der Waals surface area contributed by atoms with Crippen LogP contribution in [0.15, 0.2) is 18.2 Å². The summed E-state index contributed by atoms with van der Waals surface area (Å²) in [6.07, 6.45) is 4.30. The molecule has 0 fully saturated rings. The lowest BCUT2D eigenvalue weighted by atomic mass is 10.1. The first-order valence-corrected chi connectivity index (χ1v) is 7.30. The third-order valence-electron chi connectivity index (χ3n) is 3.29. The van der Waals surface area contributed by atoms with Gasteiger partial charge in [-0.2, -0.15) is 0 Å². The highest BCUT2D eigenvalue weighted by molar-refractivity contribution is 5.29. The van der Waals surface area contributed by atoms with E-state index in [2.05, 4.69) is 19.2 Å². The van der Waals surface area contributed by atoms with Crippen LogP contribution in [0.3, 0.4) is 0 Å². The Bertz CT molecular complexity index is 368. The summed E-state index contributed by atoms with van der Waals surface area (Å²) >= 11 is 0. The average molecular weight is 267 g/mol. The minimum absolute atomic E-state index is 0.237. The van der Waals surface area contributed by atoms with E-state index in [0.29, 0.717) is 24.0 Å². The lowest BCUT2D eigenvalue weighted by Gasteiger charge is -2.16. The highest BCUT2D eigenvalue weighted by atomic mass is 19.1. The molecular weight excluding hydrogens is 241 g/mol. The van der Waals surface area contributed by atoms with Gasteiger partial charge in [0.25, 0.3) is 0 Å². The van der Waals surface area contributed by atoms with E-state index in [1.165, 1.54) is 0 Å². The molecule has 0 aliphatic heterocycles. The lowest BCUT2D eigenvalue weighted by Crippen LogP contribution is -2.29. The van der Waals surface area contributed by atoms with Gasteiger partial charge in [-0.15, -0.1) is 0 Å². The Morgan fingerprint density at radius 2 is 2.11 bits per heavy atom. The highest BCUT2D eigenvalue weighted by Crippen LogP contribution is 2.19. The van der Waals surface area contributed by atoms with Gasteiger partial charge in [-0.3, -0.25) is 0 Å². The maximum absolute atomic E-state index is 13.7. The molecule has 2 nitrogen and oxygen atoms in total. The molecule has 0 saturated carbocycles. The van der Waals surface area contributed by atoms with Gasteiger partial charge in [0.2, 0.25) is 0 Å². The molecule has 0 saturated heterocycles. The van der Waals surface area contributed by atoms with E-state index in [0.717, 1.165) is 32.2 Å². The van der Waals surface area contributed by atoms with Crippen molar-refractivity contribution in [1.29, 1.82) is 0 Å². The van der Waals surface area contributed by atoms with Crippen molar-refractivity contribution in [3.63, 3.8) is 0 Å². The molecule has 19 heavy (non-hydrogen) atoms. The molecule has 108 valence electrons. The van der Waals surface area contributed by atoms with Crippen molar-refractivity contribution >= 4 is 0 Å². The summed E-state index contributed by atoms with van der Waals surface area (Å²) < 4.78 is 19.2. The zero-order valence-electron chi connectivity index (χ0n) is 12.3. The Hall–Kier alpha value is -1.09. The number of nitrogens with one attached hydrogen (secondary N) is 1. The summed E-state index contributed by atoms with van der Waals surface area (Å²) in [5, 5.41) is 3.51. The number of hydrogen-bond donors (Lipinski definition) is 1. The normalized spacial score (nSPS) is 12.4. The van der Waals surface area contributed by atoms with Crippen molar-refractivity contribution in [2.75, 3.05) is 13.2 Å². The molecule has 1 N–H and O–H groups in total. The first-order chi connectivity index (χ1) is 9.19.